The Morgan fingerprint density at radius 3 is 2.37 bits per heavy atom. The van der Waals surface area contributed by atoms with Gasteiger partial charge in [0.15, 0.2) is 0 Å². The lowest BCUT2D eigenvalue weighted by atomic mass is 9.78. The van der Waals surface area contributed by atoms with Gasteiger partial charge in [-0.15, -0.1) is 0 Å². The lowest BCUT2D eigenvalue weighted by molar-refractivity contribution is -0.171. The van der Waals surface area contributed by atoms with Gasteiger partial charge in [0.2, 0.25) is 0 Å². The molecule has 0 amide bonds. The van der Waals surface area contributed by atoms with Crippen LogP contribution in [-0.2, 0) is 9.53 Å². The van der Waals surface area contributed by atoms with Crippen molar-refractivity contribution in [1.29, 1.82) is 0 Å². The van der Waals surface area contributed by atoms with Gasteiger partial charge in [0.1, 0.15) is 6.61 Å². The summed E-state index contributed by atoms with van der Waals surface area (Å²) in [5, 5.41) is 8.65. The van der Waals surface area contributed by atoms with Crippen LogP contribution in [0.3, 0.4) is 0 Å². The van der Waals surface area contributed by atoms with Crippen LogP contribution in [0.4, 0.5) is 0 Å². The molecular formula is C15H27NO3. The van der Waals surface area contributed by atoms with Crippen molar-refractivity contribution >= 4 is 5.97 Å². The van der Waals surface area contributed by atoms with Crippen molar-refractivity contribution in [2.75, 3.05) is 19.7 Å². The fourth-order valence-corrected chi connectivity index (χ4v) is 3.53. The second-order valence-electron chi connectivity index (χ2n) is 6.85. The molecule has 1 saturated carbocycles. The maximum absolute atomic E-state index is 10.5. The first kappa shape index (κ1) is 14.8. The van der Waals surface area contributed by atoms with Gasteiger partial charge in [0, 0.05) is 19.1 Å². The molecule has 0 spiro atoms. The van der Waals surface area contributed by atoms with Gasteiger partial charge < -0.3 is 9.84 Å². The number of likely N-dealkylation sites (tertiary alicyclic amines) is 1. The Morgan fingerprint density at radius 1 is 1.32 bits per heavy atom. The summed E-state index contributed by atoms with van der Waals surface area (Å²) in [5.41, 5.74) is -0.243. The Kier molecular flexibility index (Phi) is 4.51. The van der Waals surface area contributed by atoms with E-state index >= 15 is 0 Å². The number of ether oxygens (including phenoxy) is 1. The van der Waals surface area contributed by atoms with Crippen molar-refractivity contribution in [2.24, 2.45) is 11.8 Å². The van der Waals surface area contributed by atoms with Gasteiger partial charge in [-0.05, 0) is 44.4 Å². The summed E-state index contributed by atoms with van der Waals surface area (Å²) in [6.45, 7) is 8.27. The van der Waals surface area contributed by atoms with Gasteiger partial charge in [-0.1, -0.05) is 13.8 Å². The first-order chi connectivity index (χ1) is 8.89. The van der Waals surface area contributed by atoms with E-state index < -0.39 is 5.97 Å². The fourth-order valence-electron chi connectivity index (χ4n) is 3.53. The molecule has 0 aromatic carbocycles. The standard InChI is InChI=1S/C15H27NO3/c1-11(2)12-4-6-13(7-5-12)16-9-15(3,10-16)19-8-14(17)18/h11-13H,4-10H2,1-3H3,(H,17,18). The first-order valence-electron chi connectivity index (χ1n) is 7.49. The number of hydrogen-bond acceptors (Lipinski definition) is 3. The lowest BCUT2D eigenvalue weighted by Crippen LogP contribution is -2.64. The van der Waals surface area contributed by atoms with E-state index in [4.69, 9.17) is 9.84 Å². The molecule has 0 atom stereocenters. The number of hydrogen-bond donors (Lipinski definition) is 1. The molecular weight excluding hydrogens is 242 g/mol. The summed E-state index contributed by atoms with van der Waals surface area (Å²) in [7, 11) is 0. The van der Waals surface area contributed by atoms with E-state index in [2.05, 4.69) is 18.7 Å². The molecule has 1 aliphatic heterocycles. The van der Waals surface area contributed by atoms with E-state index in [1.807, 2.05) is 6.92 Å². The lowest BCUT2D eigenvalue weighted by Gasteiger charge is -2.52. The molecule has 1 saturated heterocycles. The maximum atomic E-state index is 10.5. The highest BCUT2D eigenvalue weighted by atomic mass is 16.5. The van der Waals surface area contributed by atoms with E-state index in [0.29, 0.717) is 6.04 Å². The van der Waals surface area contributed by atoms with Crippen LogP contribution in [0.2, 0.25) is 0 Å². The number of carbonyl (C=O) groups is 1. The molecule has 2 rings (SSSR count). The number of nitrogens with zero attached hydrogens (tertiary/aromatic N) is 1. The largest absolute Gasteiger partial charge is 0.480 e. The van der Waals surface area contributed by atoms with Gasteiger partial charge in [-0.3, -0.25) is 4.90 Å². The normalized spacial score (nSPS) is 31.2. The number of aliphatic carboxylic acids is 1. The Bertz CT molecular complexity index is 315. The second kappa shape index (κ2) is 5.80. The number of carboxylic acid groups (broad SMARTS) is 1. The zero-order valence-electron chi connectivity index (χ0n) is 12.4. The van der Waals surface area contributed by atoms with Crippen molar-refractivity contribution in [2.45, 2.75) is 58.1 Å². The summed E-state index contributed by atoms with van der Waals surface area (Å²) >= 11 is 0. The third-order valence-corrected chi connectivity index (χ3v) is 4.82. The zero-order chi connectivity index (χ0) is 14.0. The quantitative estimate of drug-likeness (QED) is 0.832. The van der Waals surface area contributed by atoms with Crippen molar-refractivity contribution in [3.8, 4) is 0 Å². The van der Waals surface area contributed by atoms with E-state index in [-0.39, 0.29) is 12.2 Å². The van der Waals surface area contributed by atoms with Crippen LogP contribution < -0.4 is 0 Å². The molecule has 1 aliphatic carbocycles. The molecule has 1 heterocycles. The minimum atomic E-state index is -0.878. The first-order valence-corrected chi connectivity index (χ1v) is 7.49. The van der Waals surface area contributed by atoms with Crippen molar-refractivity contribution < 1.29 is 14.6 Å². The smallest absolute Gasteiger partial charge is 0.329 e. The minimum Gasteiger partial charge on any atom is -0.480 e. The predicted octanol–water partition coefficient (Wildman–Crippen LogP) is 2.38. The van der Waals surface area contributed by atoms with Crippen LogP contribution >= 0.6 is 0 Å². The van der Waals surface area contributed by atoms with Gasteiger partial charge in [-0.2, -0.15) is 0 Å². The molecule has 110 valence electrons. The average molecular weight is 269 g/mol. The Hall–Kier alpha value is -0.610. The predicted molar refractivity (Wildman–Crippen MR) is 74.1 cm³/mol. The molecule has 2 fully saturated rings. The van der Waals surface area contributed by atoms with Crippen molar-refractivity contribution in [3.05, 3.63) is 0 Å². The van der Waals surface area contributed by atoms with Crippen LogP contribution in [0.25, 0.3) is 0 Å². The molecule has 0 unspecified atom stereocenters. The maximum Gasteiger partial charge on any atom is 0.329 e. The van der Waals surface area contributed by atoms with Gasteiger partial charge in [0.25, 0.3) is 0 Å². The number of carboxylic acids is 1. The highest BCUT2D eigenvalue weighted by Crippen LogP contribution is 2.36. The van der Waals surface area contributed by atoms with E-state index in [1.165, 1.54) is 25.7 Å². The van der Waals surface area contributed by atoms with Crippen LogP contribution in [0, 0.1) is 11.8 Å². The summed E-state index contributed by atoms with van der Waals surface area (Å²) in [6.07, 6.45) is 5.26. The van der Waals surface area contributed by atoms with Crippen LogP contribution in [0.1, 0.15) is 46.5 Å². The molecule has 0 bridgehead atoms. The van der Waals surface area contributed by atoms with E-state index in [1.54, 1.807) is 0 Å². The molecule has 1 N–H and O–H groups in total. The summed E-state index contributed by atoms with van der Waals surface area (Å²) in [5.74, 6) is 0.825. The Balaban J connectivity index is 1.71. The molecule has 2 aliphatic rings. The second-order valence-corrected chi connectivity index (χ2v) is 6.85. The van der Waals surface area contributed by atoms with Crippen LogP contribution in [0.15, 0.2) is 0 Å². The van der Waals surface area contributed by atoms with Crippen molar-refractivity contribution in [3.63, 3.8) is 0 Å². The molecule has 4 nitrogen and oxygen atoms in total. The SMILES string of the molecule is CC(C)C1CCC(N2CC(C)(OCC(=O)O)C2)CC1. The third kappa shape index (κ3) is 3.69. The molecule has 4 heteroatoms. The third-order valence-electron chi connectivity index (χ3n) is 4.82. The van der Waals surface area contributed by atoms with E-state index in [0.717, 1.165) is 24.9 Å². The molecule has 0 aromatic heterocycles. The number of rotatable bonds is 5. The highest BCUT2D eigenvalue weighted by molar-refractivity contribution is 5.68. The topological polar surface area (TPSA) is 49.8 Å². The summed E-state index contributed by atoms with van der Waals surface area (Å²) in [6, 6.07) is 0.691. The zero-order valence-corrected chi connectivity index (χ0v) is 12.4. The van der Waals surface area contributed by atoms with Gasteiger partial charge >= 0.3 is 5.97 Å². The Morgan fingerprint density at radius 2 is 1.89 bits per heavy atom. The molecule has 0 radical (unpaired) electrons. The Labute approximate surface area is 116 Å². The molecule has 0 aromatic rings. The van der Waals surface area contributed by atoms with Crippen LogP contribution in [0.5, 0.6) is 0 Å². The van der Waals surface area contributed by atoms with Gasteiger partial charge in [-0.25, -0.2) is 4.79 Å². The van der Waals surface area contributed by atoms with Crippen LogP contribution in [-0.4, -0.2) is 47.3 Å². The van der Waals surface area contributed by atoms with Gasteiger partial charge in [0.05, 0.1) is 5.60 Å². The summed E-state index contributed by atoms with van der Waals surface area (Å²) < 4.78 is 5.47. The monoisotopic (exact) mass is 269 g/mol. The van der Waals surface area contributed by atoms with Crippen molar-refractivity contribution in [1.82, 2.24) is 4.90 Å². The van der Waals surface area contributed by atoms with E-state index in [9.17, 15) is 4.79 Å². The fraction of sp³-hybridized carbons (Fsp3) is 0.933. The minimum absolute atomic E-state index is 0.176. The average Bonchev–Trinajstić information content (AvgIpc) is 2.33. The summed E-state index contributed by atoms with van der Waals surface area (Å²) in [4.78, 5) is 13.0. The molecule has 19 heavy (non-hydrogen) atoms. The highest BCUT2D eigenvalue weighted by Gasteiger charge is 2.43.